The molecule has 1 aromatic rings. The molecule has 0 saturated carbocycles. The fourth-order valence-electron chi connectivity index (χ4n) is 3.05. The summed E-state index contributed by atoms with van der Waals surface area (Å²) in [6, 6.07) is 4.02. The fourth-order valence-corrected chi connectivity index (χ4v) is 4.44. The molecular formula is C20H24O3Se. The van der Waals surface area contributed by atoms with Crippen molar-refractivity contribution in [1.82, 2.24) is 0 Å². The van der Waals surface area contributed by atoms with E-state index in [1.165, 1.54) is 11.1 Å². The van der Waals surface area contributed by atoms with Crippen LogP contribution in [-0.4, -0.2) is 31.1 Å². The minimum absolute atomic E-state index is 0.0698. The van der Waals surface area contributed by atoms with E-state index in [0.29, 0.717) is 11.3 Å². The molecule has 1 aliphatic rings. The van der Waals surface area contributed by atoms with Crippen molar-refractivity contribution in [1.29, 1.82) is 0 Å². The number of allylic oxidation sites excluding steroid dienone is 1. The molecule has 0 saturated heterocycles. The Hall–Kier alpha value is -1.69. The monoisotopic (exact) mass is 392 g/mol. The quantitative estimate of drug-likeness (QED) is 0.463. The van der Waals surface area contributed by atoms with Crippen molar-refractivity contribution in [3.8, 4) is 16.5 Å². The van der Waals surface area contributed by atoms with E-state index in [-0.39, 0.29) is 25.8 Å². The van der Waals surface area contributed by atoms with Crippen LogP contribution in [0.25, 0.3) is 0 Å². The van der Waals surface area contributed by atoms with Gasteiger partial charge < -0.3 is 0 Å². The molecule has 1 aromatic carbocycles. The van der Waals surface area contributed by atoms with E-state index >= 15 is 0 Å². The van der Waals surface area contributed by atoms with Crippen LogP contribution in [0.1, 0.15) is 58.6 Å². The molecule has 3 nitrogen and oxygen atoms in total. The molecule has 0 heterocycles. The van der Waals surface area contributed by atoms with Gasteiger partial charge in [-0.2, -0.15) is 0 Å². The van der Waals surface area contributed by atoms with Gasteiger partial charge in [-0.15, -0.1) is 0 Å². The van der Waals surface area contributed by atoms with Crippen LogP contribution < -0.4 is 4.46 Å². The molecule has 0 radical (unpaired) electrons. The Morgan fingerprint density at radius 2 is 1.71 bits per heavy atom. The molecule has 0 bridgehead atoms. The minimum atomic E-state index is -0.991. The van der Waals surface area contributed by atoms with Crippen LogP contribution in [0.3, 0.4) is 0 Å². The predicted molar refractivity (Wildman–Crippen MR) is 97.9 cm³/mol. The van der Waals surface area contributed by atoms with E-state index in [9.17, 15) is 9.90 Å². The Morgan fingerprint density at radius 1 is 1.17 bits per heavy atom. The summed E-state index contributed by atoms with van der Waals surface area (Å²) in [5.74, 6) is 2.16. The van der Waals surface area contributed by atoms with Gasteiger partial charge in [0.25, 0.3) is 0 Å². The molecule has 0 aromatic heterocycles. The van der Waals surface area contributed by atoms with Crippen LogP contribution in [-0.2, 0) is 15.6 Å². The summed E-state index contributed by atoms with van der Waals surface area (Å²) in [6.45, 7) is 10.6. The number of carboxylic acid groups (broad SMARTS) is 1. The van der Waals surface area contributed by atoms with E-state index in [1.807, 2.05) is 6.07 Å². The van der Waals surface area contributed by atoms with Crippen molar-refractivity contribution in [2.75, 3.05) is 0 Å². The van der Waals surface area contributed by atoms with Crippen molar-refractivity contribution in [2.24, 2.45) is 0 Å². The molecule has 0 aliphatic heterocycles. The van der Waals surface area contributed by atoms with Crippen molar-refractivity contribution in [3.63, 3.8) is 0 Å². The van der Waals surface area contributed by atoms with Gasteiger partial charge in [0.1, 0.15) is 0 Å². The molecule has 4 heteroatoms. The van der Waals surface area contributed by atoms with Crippen LogP contribution in [0, 0.1) is 10.7 Å². The van der Waals surface area contributed by atoms with Crippen molar-refractivity contribution in [3.05, 3.63) is 34.9 Å². The van der Waals surface area contributed by atoms with E-state index in [4.69, 9.17) is 5.11 Å². The number of carboxylic acids is 1. The molecule has 0 spiro atoms. The number of phenols is 1. The molecule has 2 rings (SSSR count). The number of benzene rings is 1. The van der Waals surface area contributed by atoms with Gasteiger partial charge >= 0.3 is 150 Å². The van der Waals surface area contributed by atoms with Gasteiger partial charge in [0.05, 0.1) is 0 Å². The van der Waals surface area contributed by atoms with Gasteiger partial charge in [0.2, 0.25) is 0 Å². The number of phenolic OH excluding ortho intramolecular Hbond substituents is 1. The van der Waals surface area contributed by atoms with Crippen LogP contribution in [0.15, 0.2) is 23.8 Å². The number of hydrogen-bond acceptors (Lipinski definition) is 2. The van der Waals surface area contributed by atoms with E-state index < -0.39 is 5.97 Å². The maximum atomic E-state index is 10.6. The molecule has 0 amide bonds. The standard InChI is InChI=1S/C20H24O3Se/c1-13(10-18(22)23)6-9-24-17-12-15-14(11-16(17)21)19(2,3)7-8-20(15,4)5/h10-12,21H,7-8H2,1-5H3,(H,22,23)/b13-10+. The Morgan fingerprint density at radius 3 is 2.25 bits per heavy atom. The molecule has 0 fully saturated rings. The normalized spacial score (nSPS) is 18.3. The van der Waals surface area contributed by atoms with Gasteiger partial charge in [-0.25, -0.2) is 0 Å². The fraction of sp³-hybridized carbons (Fsp3) is 0.450. The zero-order chi connectivity index (χ0) is 18.1. The number of aromatic hydroxyl groups is 1. The first-order valence-electron chi connectivity index (χ1n) is 8.00. The van der Waals surface area contributed by atoms with Crippen molar-refractivity contribution < 1.29 is 15.0 Å². The van der Waals surface area contributed by atoms with Gasteiger partial charge in [0.15, 0.2) is 0 Å². The van der Waals surface area contributed by atoms with Crippen LogP contribution in [0.2, 0.25) is 0 Å². The van der Waals surface area contributed by atoms with E-state index in [1.54, 1.807) is 6.92 Å². The van der Waals surface area contributed by atoms with E-state index in [0.717, 1.165) is 23.4 Å². The third-order valence-electron chi connectivity index (χ3n) is 4.68. The average molecular weight is 391 g/mol. The number of rotatable bonds is 2. The summed E-state index contributed by atoms with van der Waals surface area (Å²) in [7, 11) is 0. The van der Waals surface area contributed by atoms with Gasteiger partial charge in [0, 0.05) is 0 Å². The topological polar surface area (TPSA) is 57.5 Å². The third kappa shape index (κ3) is 4.04. The molecule has 1 aliphatic carbocycles. The summed E-state index contributed by atoms with van der Waals surface area (Å²) in [4.78, 5) is 13.6. The zero-order valence-corrected chi connectivity index (χ0v) is 16.6. The molecule has 128 valence electrons. The number of aliphatic carboxylic acids is 1. The van der Waals surface area contributed by atoms with Crippen LogP contribution in [0.4, 0.5) is 0 Å². The average Bonchev–Trinajstić information content (AvgIpc) is 2.44. The summed E-state index contributed by atoms with van der Waals surface area (Å²) in [5.41, 5.74) is 3.21. The number of carbonyl (C=O) groups is 1. The first-order chi connectivity index (χ1) is 11.0. The molecule has 24 heavy (non-hydrogen) atoms. The summed E-state index contributed by atoms with van der Waals surface area (Å²) in [5, 5.41) is 19.1. The Balaban J connectivity index is 2.38. The Bertz CT molecular complexity index is 761. The second kappa shape index (κ2) is 6.67. The number of fused-ring (bicyclic) bond motifs is 1. The summed E-state index contributed by atoms with van der Waals surface area (Å²) >= 11 is -0.218. The first kappa shape index (κ1) is 18.6. The van der Waals surface area contributed by atoms with Gasteiger partial charge in [-0.3, -0.25) is 0 Å². The van der Waals surface area contributed by atoms with E-state index in [2.05, 4.69) is 44.5 Å². The molecule has 0 atom stereocenters. The van der Waals surface area contributed by atoms with Gasteiger partial charge in [-0.05, 0) is 0 Å². The van der Waals surface area contributed by atoms with Crippen LogP contribution in [0.5, 0.6) is 5.75 Å². The Kier molecular flexibility index (Phi) is 5.18. The SMILES string of the molecule is C/C(C#C[Se]c1cc2c(cc1O)C(C)(C)CCC2(C)C)=C\C(=O)O. The van der Waals surface area contributed by atoms with Crippen molar-refractivity contribution >= 4 is 25.4 Å². The molecular weight excluding hydrogens is 367 g/mol. The summed E-state index contributed by atoms with van der Waals surface area (Å²) in [6.07, 6.45) is 3.33. The van der Waals surface area contributed by atoms with Crippen molar-refractivity contribution in [2.45, 2.75) is 58.3 Å². The van der Waals surface area contributed by atoms with Gasteiger partial charge in [-0.1, -0.05) is 0 Å². The predicted octanol–water partition coefficient (Wildman–Crippen LogP) is 3.06. The zero-order valence-electron chi connectivity index (χ0n) is 14.9. The van der Waals surface area contributed by atoms with Crippen LogP contribution >= 0.6 is 0 Å². The maximum absolute atomic E-state index is 10.6. The molecule has 0 unspecified atom stereocenters. The second-order valence-electron chi connectivity index (χ2n) is 7.63. The third-order valence-corrected chi connectivity index (χ3v) is 6.26. The molecule has 2 N–H and O–H groups in total. The first-order valence-corrected chi connectivity index (χ1v) is 9.71. The second-order valence-corrected chi connectivity index (χ2v) is 9.41. The summed E-state index contributed by atoms with van der Waals surface area (Å²) < 4.78 is 0.864. The Labute approximate surface area is 150 Å². The number of hydrogen-bond donors (Lipinski definition) is 2.